The number of aromatic carboxylic acids is 1. The predicted octanol–water partition coefficient (Wildman–Crippen LogP) is 1.23. The zero-order chi connectivity index (χ0) is 15.2. The molecule has 0 bridgehead atoms. The van der Waals surface area contributed by atoms with E-state index in [0.717, 1.165) is 0 Å². The first-order valence-corrected chi connectivity index (χ1v) is 6.58. The number of carbonyl (C=O) groups excluding carboxylic acids is 1. The number of carboxylic acid groups (broad SMARTS) is 1. The molecule has 0 radical (unpaired) electrons. The van der Waals surface area contributed by atoms with E-state index in [1.807, 2.05) is 11.8 Å². The summed E-state index contributed by atoms with van der Waals surface area (Å²) >= 11 is 0. The molecular weight excluding hydrogens is 274 g/mol. The molecule has 1 aliphatic heterocycles. The van der Waals surface area contributed by atoms with Crippen LogP contribution in [-0.2, 0) is 4.79 Å². The number of oxazole rings is 1. The van der Waals surface area contributed by atoms with Crippen molar-refractivity contribution in [3.63, 3.8) is 0 Å². The molecular formula is C14H15N3O4. The molecule has 1 unspecified atom stereocenters. The maximum atomic E-state index is 11.5. The minimum atomic E-state index is -1.02. The summed E-state index contributed by atoms with van der Waals surface area (Å²) in [5, 5.41) is 8.97. The average Bonchev–Trinajstić information content (AvgIpc) is 3.01. The van der Waals surface area contributed by atoms with Crippen LogP contribution in [0, 0.1) is 5.41 Å². The lowest BCUT2D eigenvalue weighted by Gasteiger charge is -2.19. The summed E-state index contributed by atoms with van der Waals surface area (Å²) in [6, 6.07) is 4.92. The maximum Gasteiger partial charge on any atom is 0.335 e. The summed E-state index contributed by atoms with van der Waals surface area (Å²) < 4.78 is 5.62. The Hall–Kier alpha value is -2.57. The lowest BCUT2D eigenvalue weighted by atomic mass is 9.89. The molecule has 1 amide bonds. The fourth-order valence-corrected chi connectivity index (χ4v) is 2.51. The van der Waals surface area contributed by atoms with E-state index in [2.05, 4.69) is 4.98 Å². The first-order valence-electron chi connectivity index (χ1n) is 6.58. The molecule has 2 heterocycles. The summed E-state index contributed by atoms with van der Waals surface area (Å²) in [4.78, 5) is 28.6. The third-order valence-electron chi connectivity index (χ3n) is 3.96. The molecule has 7 nitrogen and oxygen atoms in total. The van der Waals surface area contributed by atoms with Gasteiger partial charge in [0.15, 0.2) is 5.58 Å². The molecule has 1 fully saturated rings. The summed E-state index contributed by atoms with van der Waals surface area (Å²) in [6.45, 7) is 2.89. The molecule has 0 spiro atoms. The van der Waals surface area contributed by atoms with Crippen LogP contribution in [0.3, 0.4) is 0 Å². The molecule has 110 valence electrons. The van der Waals surface area contributed by atoms with E-state index in [4.69, 9.17) is 15.3 Å². The minimum Gasteiger partial charge on any atom is -0.478 e. The van der Waals surface area contributed by atoms with Crippen molar-refractivity contribution in [2.75, 3.05) is 18.0 Å². The van der Waals surface area contributed by atoms with Crippen LogP contribution >= 0.6 is 0 Å². The summed E-state index contributed by atoms with van der Waals surface area (Å²) in [5.41, 5.74) is 5.98. The van der Waals surface area contributed by atoms with Crippen molar-refractivity contribution < 1.29 is 19.1 Å². The molecule has 0 saturated carbocycles. The van der Waals surface area contributed by atoms with Crippen molar-refractivity contribution >= 4 is 29.0 Å². The van der Waals surface area contributed by atoms with Gasteiger partial charge in [-0.05, 0) is 31.5 Å². The van der Waals surface area contributed by atoms with Gasteiger partial charge in [-0.2, -0.15) is 4.98 Å². The second kappa shape index (κ2) is 4.47. The predicted molar refractivity (Wildman–Crippen MR) is 75.1 cm³/mol. The third kappa shape index (κ3) is 2.20. The number of hydrogen-bond donors (Lipinski definition) is 2. The van der Waals surface area contributed by atoms with Gasteiger partial charge in [-0.1, -0.05) is 0 Å². The Kier molecular flexibility index (Phi) is 2.86. The number of amides is 1. The normalized spacial score (nSPS) is 21.9. The highest BCUT2D eigenvalue weighted by atomic mass is 16.4. The van der Waals surface area contributed by atoms with Crippen molar-refractivity contribution in [3.05, 3.63) is 23.8 Å². The number of hydrogen-bond acceptors (Lipinski definition) is 5. The number of rotatable bonds is 3. The quantitative estimate of drug-likeness (QED) is 0.879. The van der Waals surface area contributed by atoms with Gasteiger partial charge in [-0.25, -0.2) is 4.79 Å². The van der Waals surface area contributed by atoms with Gasteiger partial charge in [-0.15, -0.1) is 0 Å². The Balaban J connectivity index is 1.92. The highest BCUT2D eigenvalue weighted by Crippen LogP contribution is 2.33. The van der Waals surface area contributed by atoms with E-state index in [1.165, 1.54) is 12.1 Å². The number of nitrogens with two attached hydrogens (primary N) is 1. The van der Waals surface area contributed by atoms with Gasteiger partial charge >= 0.3 is 5.97 Å². The van der Waals surface area contributed by atoms with Gasteiger partial charge in [0.05, 0.1) is 11.0 Å². The van der Waals surface area contributed by atoms with Gasteiger partial charge in [-0.3, -0.25) is 4.79 Å². The maximum absolute atomic E-state index is 11.5. The van der Waals surface area contributed by atoms with Crippen LogP contribution in [0.4, 0.5) is 6.01 Å². The zero-order valence-electron chi connectivity index (χ0n) is 11.5. The van der Waals surface area contributed by atoms with E-state index in [9.17, 15) is 9.59 Å². The Morgan fingerprint density at radius 3 is 2.86 bits per heavy atom. The van der Waals surface area contributed by atoms with Crippen molar-refractivity contribution in [3.8, 4) is 0 Å². The Labute approximate surface area is 120 Å². The molecule has 3 N–H and O–H groups in total. The molecule has 1 aromatic heterocycles. The number of benzene rings is 1. The summed E-state index contributed by atoms with van der Waals surface area (Å²) in [7, 11) is 0. The lowest BCUT2D eigenvalue weighted by molar-refractivity contribution is -0.125. The smallest absolute Gasteiger partial charge is 0.335 e. The number of aromatic nitrogens is 1. The van der Waals surface area contributed by atoms with E-state index >= 15 is 0 Å². The summed E-state index contributed by atoms with van der Waals surface area (Å²) in [6.07, 6.45) is 0.640. The zero-order valence-corrected chi connectivity index (χ0v) is 11.5. The topological polar surface area (TPSA) is 110 Å². The van der Waals surface area contributed by atoms with Gasteiger partial charge in [0.25, 0.3) is 6.01 Å². The Morgan fingerprint density at radius 2 is 2.24 bits per heavy atom. The molecule has 3 rings (SSSR count). The monoisotopic (exact) mass is 289 g/mol. The van der Waals surface area contributed by atoms with Crippen molar-refractivity contribution in [2.45, 2.75) is 13.3 Å². The van der Waals surface area contributed by atoms with Gasteiger partial charge < -0.3 is 20.2 Å². The van der Waals surface area contributed by atoms with Crippen LogP contribution in [0.2, 0.25) is 0 Å². The average molecular weight is 289 g/mol. The molecule has 21 heavy (non-hydrogen) atoms. The molecule has 7 heteroatoms. The van der Waals surface area contributed by atoms with Gasteiger partial charge in [0, 0.05) is 13.1 Å². The molecule has 1 aromatic carbocycles. The lowest BCUT2D eigenvalue weighted by Crippen LogP contribution is -2.37. The van der Waals surface area contributed by atoms with Gasteiger partial charge in [0.2, 0.25) is 5.91 Å². The Morgan fingerprint density at radius 1 is 1.48 bits per heavy atom. The van der Waals surface area contributed by atoms with Crippen molar-refractivity contribution in [1.82, 2.24) is 4.98 Å². The minimum absolute atomic E-state index is 0.147. The van der Waals surface area contributed by atoms with Crippen LogP contribution in [0.25, 0.3) is 11.1 Å². The van der Waals surface area contributed by atoms with E-state index in [0.29, 0.717) is 36.6 Å². The van der Waals surface area contributed by atoms with Crippen LogP contribution in [0.15, 0.2) is 22.6 Å². The molecule has 1 aliphatic rings. The number of fused-ring (bicyclic) bond motifs is 1. The van der Waals surface area contributed by atoms with E-state index < -0.39 is 11.4 Å². The number of primary amides is 1. The van der Waals surface area contributed by atoms with E-state index in [1.54, 1.807) is 6.07 Å². The number of anilines is 1. The first kappa shape index (κ1) is 13.4. The molecule has 2 aromatic rings. The fourth-order valence-electron chi connectivity index (χ4n) is 2.51. The van der Waals surface area contributed by atoms with Crippen LogP contribution in [0.1, 0.15) is 23.7 Å². The van der Waals surface area contributed by atoms with Crippen molar-refractivity contribution in [1.29, 1.82) is 0 Å². The number of carboxylic acids is 1. The van der Waals surface area contributed by atoms with Gasteiger partial charge in [0.1, 0.15) is 5.52 Å². The third-order valence-corrected chi connectivity index (χ3v) is 3.96. The van der Waals surface area contributed by atoms with Crippen LogP contribution < -0.4 is 10.6 Å². The van der Waals surface area contributed by atoms with Crippen LogP contribution in [-0.4, -0.2) is 35.1 Å². The Bertz CT molecular complexity index is 739. The molecule has 0 aliphatic carbocycles. The SMILES string of the molecule is CC1(C(N)=O)CCN(c2nc3ccc(C(=O)O)cc3o2)C1. The standard InChI is InChI=1S/C14H15N3O4/c1-14(12(15)20)4-5-17(7-14)13-16-9-3-2-8(11(18)19)6-10(9)21-13/h2-3,6H,4-5,7H2,1H3,(H2,15,20)(H,18,19). The number of nitrogens with zero attached hydrogens (tertiary/aromatic N) is 2. The number of carbonyl (C=O) groups is 2. The highest BCUT2D eigenvalue weighted by molar-refractivity contribution is 5.92. The fraction of sp³-hybridized carbons (Fsp3) is 0.357. The summed E-state index contributed by atoms with van der Waals surface area (Å²) in [5.74, 6) is -1.35. The second-order valence-corrected chi connectivity index (χ2v) is 5.58. The first-order chi connectivity index (χ1) is 9.89. The highest BCUT2D eigenvalue weighted by Gasteiger charge is 2.40. The van der Waals surface area contributed by atoms with Crippen molar-refractivity contribution in [2.24, 2.45) is 11.1 Å². The molecule has 1 atom stereocenters. The largest absolute Gasteiger partial charge is 0.478 e. The molecule has 1 saturated heterocycles. The van der Waals surface area contributed by atoms with Crippen LogP contribution in [0.5, 0.6) is 0 Å². The second-order valence-electron chi connectivity index (χ2n) is 5.58. The van der Waals surface area contributed by atoms with E-state index in [-0.39, 0.29) is 11.5 Å².